The van der Waals surface area contributed by atoms with Crippen LogP contribution in [0.15, 0.2) is 47.0 Å². The zero-order valence-corrected chi connectivity index (χ0v) is 22.4. The number of unbranched alkanes of at least 4 members (excludes halogenated alkanes) is 2. The van der Waals surface area contributed by atoms with E-state index in [-0.39, 0.29) is 5.82 Å². The average molecular weight is 508 g/mol. The average Bonchev–Trinajstić information content (AvgIpc) is 2.88. The first-order valence-electron chi connectivity index (χ1n) is 11.6. The van der Waals surface area contributed by atoms with Crippen molar-refractivity contribution in [2.24, 2.45) is 0 Å². The van der Waals surface area contributed by atoms with Gasteiger partial charge in [0.05, 0.1) is 6.26 Å². The SMILES string of the molecule is CNC=O.Cc1ncc(C(C)CCCCCN(C)S(C)(=O)=O)ccc(C)c(-c2ccc(F)cc2)o1. The third kappa shape index (κ3) is 11.5. The molecule has 0 aliphatic rings. The second-order valence-electron chi connectivity index (χ2n) is 8.47. The summed E-state index contributed by atoms with van der Waals surface area (Å²) in [7, 11) is 0.0710. The predicted molar refractivity (Wildman–Crippen MR) is 138 cm³/mol. The lowest BCUT2D eigenvalue weighted by Crippen LogP contribution is -2.26. The number of aryl methyl sites for hydroxylation is 2. The van der Waals surface area contributed by atoms with E-state index in [1.807, 2.05) is 19.2 Å². The fourth-order valence-corrected chi connectivity index (χ4v) is 3.69. The molecular weight excluding hydrogens is 469 g/mol. The number of nitrogens with one attached hydrogen (secondary N) is 1. The third-order valence-electron chi connectivity index (χ3n) is 5.50. The van der Waals surface area contributed by atoms with Crippen molar-refractivity contribution in [2.45, 2.75) is 52.4 Å². The molecule has 1 amide bonds. The summed E-state index contributed by atoms with van der Waals surface area (Å²) in [6.07, 6.45) is 7.52. The molecule has 1 aromatic heterocycles. The van der Waals surface area contributed by atoms with E-state index in [1.54, 1.807) is 33.2 Å². The van der Waals surface area contributed by atoms with Gasteiger partial charge in [-0.15, -0.1) is 0 Å². The number of aromatic nitrogens is 1. The molecule has 2 aromatic rings. The Kier molecular flexibility index (Phi) is 13.2. The lowest BCUT2D eigenvalue weighted by molar-refractivity contribution is -0.109. The van der Waals surface area contributed by atoms with Gasteiger partial charge in [0.15, 0.2) is 5.89 Å². The molecular formula is C26H38FN3O4S. The van der Waals surface area contributed by atoms with Crippen LogP contribution in [0.4, 0.5) is 4.39 Å². The van der Waals surface area contributed by atoms with Gasteiger partial charge in [0.25, 0.3) is 0 Å². The van der Waals surface area contributed by atoms with E-state index < -0.39 is 10.0 Å². The lowest BCUT2D eigenvalue weighted by Gasteiger charge is -2.14. The number of carbonyl (C=O) groups is 1. The Morgan fingerprint density at radius 3 is 2.31 bits per heavy atom. The maximum absolute atomic E-state index is 13.3. The molecule has 1 N–H and O–H groups in total. The van der Waals surface area contributed by atoms with Crippen molar-refractivity contribution in [3.8, 4) is 11.3 Å². The van der Waals surface area contributed by atoms with E-state index in [0.29, 0.717) is 30.5 Å². The van der Waals surface area contributed by atoms with Crippen molar-refractivity contribution in [3.63, 3.8) is 0 Å². The zero-order valence-electron chi connectivity index (χ0n) is 21.5. The molecule has 0 aliphatic carbocycles. The highest BCUT2D eigenvalue weighted by atomic mass is 32.2. The summed E-state index contributed by atoms with van der Waals surface area (Å²) in [5.41, 5.74) is 2.84. The van der Waals surface area contributed by atoms with Crippen molar-refractivity contribution in [3.05, 3.63) is 65.4 Å². The van der Waals surface area contributed by atoms with Crippen LogP contribution in [0.25, 0.3) is 11.3 Å². The first kappa shape index (κ1) is 30.3. The van der Waals surface area contributed by atoms with Gasteiger partial charge in [-0.25, -0.2) is 22.1 Å². The van der Waals surface area contributed by atoms with Gasteiger partial charge in [-0.1, -0.05) is 31.9 Å². The lowest BCUT2D eigenvalue weighted by atomic mass is 9.96. The molecule has 9 heteroatoms. The van der Waals surface area contributed by atoms with Crippen LogP contribution in [-0.2, 0) is 14.8 Å². The summed E-state index contributed by atoms with van der Waals surface area (Å²) in [5, 5.41) is 2.25. The van der Waals surface area contributed by atoms with Crippen LogP contribution in [-0.4, -0.2) is 51.0 Å². The summed E-state index contributed by atoms with van der Waals surface area (Å²) in [4.78, 5) is 13.5. The minimum absolute atomic E-state index is 0.285. The number of hydrogen-bond acceptors (Lipinski definition) is 5. The molecule has 0 saturated carbocycles. The van der Waals surface area contributed by atoms with Crippen molar-refractivity contribution < 1.29 is 22.0 Å². The standard InChI is InChI=1S/C24H33FN2O3S.C2H5NO/c1-18(9-7-6-8-16-27(4)31(5,28)29)22-11-10-19(2)24(30-20(3)26-17-22)21-12-14-23(25)15-13-21;1-3-2-4/h10-15,17-18H,6-9,16H2,1-5H3;2H,1H3,(H,3,4). The van der Waals surface area contributed by atoms with Gasteiger partial charge >= 0.3 is 0 Å². The number of rotatable bonds is 10. The Hall–Kier alpha value is -2.78. The van der Waals surface area contributed by atoms with E-state index >= 15 is 0 Å². The molecule has 0 spiro atoms. The number of carbonyl (C=O) groups excluding carboxylic acids is 1. The molecule has 0 bridgehead atoms. The fourth-order valence-electron chi connectivity index (χ4n) is 3.23. The molecule has 35 heavy (non-hydrogen) atoms. The maximum atomic E-state index is 13.3. The molecule has 194 valence electrons. The molecule has 1 atom stereocenters. The van der Waals surface area contributed by atoms with Crippen molar-refractivity contribution in [2.75, 3.05) is 26.9 Å². The Morgan fingerprint density at radius 2 is 1.74 bits per heavy atom. The Morgan fingerprint density at radius 1 is 1.11 bits per heavy atom. The van der Waals surface area contributed by atoms with Crippen LogP contribution in [0.2, 0.25) is 0 Å². The van der Waals surface area contributed by atoms with E-state index in [1.165, 1.54) is 22.7 Å². The summed E-state index contributed by atoms with van der Waals surface area (Å²) >= 11 is 0. The van der Waals surface area contributed by atoms with Crippen LogP contribution < -0.4 is 5.32 Å². The van der Waals surface area contributed by atoms with Gasteiger partial charge in [0.1, 0.15) is 11.6 Å². The van der Waals surface area contributed by atoms with Gasteiger partial charge in [-0.05, 0) is 61.1 Å². The minimum atomic E-state index is -3.11. The molecule has 7 nitrogen and oxygen atoms in total. The fraction of sp³-hybridized carbons (Fsp3) is 0.462. The third-order valence-corrected chi connectivity index (χ3v) is 6.81. The highest BCUT2D eigenvalue weighted by molar-refractivity contribution is 7.88. The number of sulfonamides is 1. The maximum Gasteiger partial charge on any atom is 0.210 e. The largest absolute Gasteiger partial charge is 0.442 e. The predicted octanol–water partition coefficient (Wildman–Crippen LogP) is 5.14. The summed E-state index contributed by atoms with van der Waals surface area (Å²) in [6.45, 7) is 6.49. The normalized spacial score (nSPS) is 11.8. The second kappa shape index (κ2) is 15.3. The van der Waals surface area contributed by atoms with Crippen LogP contribution >= 0.6 is 0 Å². The van der Waals surface area contributed by atoms with Crippen LogP contribution in [0, 0.1) is 19.7 Å². The molecule has 2 rings (SSSR count). The van der Waals surface area contributed by atoms with Gasteiger partial charge in [0.2, 0.25) is 16.4 Å². The second-order valence-corrected chi connectivity index (χ2v) is 10.6. The van der Waals surface area contributed by atoms with E-state index in [4.69, 9.17) is 9.21 Å². The number of halogens is 1. The summed E-state index contributed by atoms with van der Waals surface area (Å²) in [5.74, 6) is 1.21. The Balaban J connectivity index is 0.00000142. The van der Waals surface area contributed by atoms with E-state index in [9.17, 15) is 12.8 Å². The summed E-state index contributed by atoms with van der Waals surface area (Å²) in [6, 6.07) is 10.3. The molecule has 0 radical (unpaired) electrons. The molecule has 1 unspecified atom stereocenters. The smallest absolute Gasteiger partial charge is 0.210 e. The van der Waals surface area contributed by atoms with Crippen LogP contribution in [0.3, 0.4) is 0 Å². The topological polar surface area (TPSA) is 92.5 Å². The first-order chi connectivity index (χ1) is 16.5. The van der Waals surface area contributed by atoms with Crippen LogP contribution in [0.1, 0.15) is 55.5 Å². The van der Waals surface area contributed by atoms with Gasteiger partial charge < -0.3 is 9.73 Å². The number of nitrogens with zero attached hydrogens (tertiary/aromatic N) is 2. The van der Waals surface area contributed by atoms with E-state index in [2.05, 4.69) is 23.3 Å². The van der Waals surface area contributed by atoms with Crippen molar-refractivity contribution in [1.29, 1.82) is 0 Å². The molecule has 0 fully saturated rings. The first-order valence-corrected chi connectivity index (χ1v) is 13.4. The highest BCUT2D eigenvalue weighted by Gasteiger charge is 2.11. The van der Waals surface area contributed by atoms with Gasteiger partial charge in [-0.3, -0.25) is 4.79 Å². The quantitative estimate of drug-likeness (QED) is 0.355. The number of amides is 1. The van der Waals surface area contributed by atoms with Gasteiger partial charge in [0, 0.05) is 39.3 Å². The monoisotopic (exact) mass is 507 g/mol. The molecule has 0 saturated heterocycles. The summed E-state index contributed by atoms with van der Waals surface area (Å²) < 4.78 is 43.5. The molecule has 0 aliphatic heterocycles. The Bertz CT molecular complexity index is 1080. The highest BCUT2D eigenvalue weighted by Crippen LogP contribution is 2.25. The molecule has 1 aromatic carbocycles. The Labute approximate surface area is 209 Å². The molecule has 1 heterocycles. The van der Waals surface area contributed by atoms with Crippen molar-refractivity contribution >= 4 is 16.4 Å². The van der Waals surface area contributed by atoms with Crippen LogP contribution in [0.5, 0.6) is 0 Å². The van der Waals surface area contributed by atoms with E-state index in [0.717, 1.165) is 42.4 Å². The zero-order chi connectivity index (χ0) is 26.4. The van der Waals surface area contributed by atoms with Crippen molar-refractivity contribution in [1.82, 2.24) is 14.6 Å². The number of benzene rings is 1. The minimum Gasteiger partial charge on any atom is -0.442 e. The number of hydrogen-bond donors (Lipinski definition) is 1. The van der Waals surface area contributed by atoms with Gasteiger partial charge in [-0.2, -0.15) is 0 Å².